The lowest BCUT2D eigenvalue weighted by atomic mass is 9.99. The second kappa shape index (κ2) is 51.3. The molecule has 0 aromatic rings. The molecule has 0 aliphatic heterocycles. The van der Waals surface area contributed by atoms with Gasteiger partial charge in [0, 0.05) is 19.3 Å². The van der Waals surface area contributed by atoms with Crippen molar-refractivity contribution in [3.63, 3.8) is 0 Å². The second-order valence-electron chi connectivity index (χ2n) is 21.6. The maximum Gasteiger partial charge on any atom is 0.306 e. The first-order valence-corrected chi connectivity index (χ1v) is 29.7. The molecule has 0 aliphatic rings. The van der Waals surface area contributed by atoms with Crippen LogP contribution in [-0.2, 0) is 28.6 Å². The van der Waals surface area contributed by atoms with Gasteiger partial charge < -0.3 is 14.2 Å². The van der Waals surface area contributed by atoms with Gasteiger partial charge in [-0.1, -0.05) is 292 Å². The molecule has 0 bridgehead atoms. The fraction of sp³-hybridized carbons (Fsp3) is 0.950. The van der Waals surface area contributed by atoms with Crippen molar-refractivity contribution in [3.05, 3.63) is 0 Å². The number of carbonyl (C=O) groups excluding carboxylic acids is 3. The lowest BCUT2D eigenvalue weighted by Crippen LogP contribution is -2.30. The molecule has 6 heteroatoms. The minimum absolute atomic E-state index is 0.0634. The van der Waals surface area contributed by atoms with E-state index < -0.39 is 6.10 Å². The van der Waals surface area contributed by atoms with Crippen LogP contribution in [0.15, 0.2) is 0 Å². The normalized spacial score (nSPS) is 13.0. The Morgan fingerprint density at radius 3 is 0.788 bits per heavy atom. The molecular formula is C60H116O6. The molecule has 0 aliphatic carbocycles. The summed E-state index contributed by atoms with van der Waals surface area (Å²) in [5.74, 6) is 1.76. The summed E-state index contributed by atoms with van der Waals surface area (Å²) in [6.07, 6.45) is 53.6. The monoisotopic (exact) mass is 933 g/mol. The minimum Gasteiger partial charge on any atom is -0.462 e. The highest BCUT2D eigenvalue weighted by Gasteiger charge is 2.19. The van der Waals surface area contributed by atoms with Gasteiger partial charge in [0.05, 0.1) is 0 Å². The quantitative estimate of drug-likeness (QED) is 0.0343. The van der Waals surface area contributed by atoms with Gasteiger partial charge in [0.25, 0.3) is 0 Å². The van der Waals surface area contributed by atoms with E-state index in [-0.39, 0.29) is 31.1 Å². The molecular weight excluding hydrogens is 817 g/mol. The van der Waals surface area contributed by atoms with Crippen LogP contribution in [0.1, 0.15) is 330 Å². The molecule has 0 radical (unpaired) electrons. The van der Waals surface area contributed by atoms with Gasteiger partial charge in [-0.05, 0) is 37.0 Å². The predicted octanol–water partition coefficient (Wildman–Crippen LogP) is 19.5. The third-order valence-corrected chi connectivity index (χ3v) is 14.4. The Morgan fingerprint density at radius 2 is 0.530 bits per heavy atom. The van der Waals surface area contributed by atoms with E-state index in [1.807, 2.05) is 0 Å². The molecule has 66 heavy (non-hydrogen) atoms. The van der Waals surface area contributed by atoms with E-state index in [1.165, 1.54) is 212 Å². The fourth-order valence-electron chi connectivity index (χ4n) is 9.11. The van der Waals surface area contributed by atoms with E-state index in [9.17, 15) is 14.4 Å². The zero-order valence-electron chi connectivity index (χ0n) is 45.5. The van der Waals surface area contributed by atoms with Gasteiger partial charge in [-0.2, -0.15) is 0 Å². The highest BCUT2D eigenvalue weighted by Crippen LogP contribution is 2.19. The van der Waals surface area contributed by atoms with Crippen molar-refractivity contribution in [2.75, 3.05) is 13.2 Å². The molecule has 392 valence electrons. The van der Waals surface area contributed by atoms with E-state index >= 15 is 0 Å². The molecule has 0 saturated heterocycles. The summed E-state index contributed by atoms with van der Waals surface area (Å²) < 4.78 is 16.9. The van der Waals surface area contributed by atoms with Crippen molar-refractivity contribution in [2.24, 2.45) is 17.8 Å². The number of unbranched alkanes of at least 4 members (excludes halogenated alkanes) is 34. The molecule has 0 fully saturated rings. The van der Waals surface area contributed by atoms with E-state index in [4.69, 9.17) is 14.2 Å². The SMILES string of the molecule is CCC(C)CCCCCCCCCCCCCCCCC(=O)O[C@H](COC(=O)CCCCCCCCCCCCCCCC(C)C)COC(=O)CCCCCCCCCCCCC(C)CC. The van der Waals surface area contributed by atoms with Crippen LogP contribution < -0.4 is 0 Å². The maximum atomic E-state index is 12.9. The van der Waals surface area contributed by atoms with Crippen LogP contribution in [0.2, 0.25) is 0 Å². The Kier molecular flexibility index (Phi) is 50.0. The van der Waals surface area contributed by atoms with Crippen LogP contribution >= 0.6 is 0 Å². The predicted molar refractivity (Wildman–Crippen MR) is 284 cm³/mol. The zero-order valence-corrected chi connectivity index (χ0v) is 45.5. The molecule has 0 saturated carbocycles. The highest BCUT2D eigenvalue weighted by molar-refractivity contribution is 5.71. The Balaban J connectivity index is 4.31. The molecule has 0 N–H and O–H groups in total. The Hall–Kier alpha value is -1.59. The molecule has 0 heterocycles. The van der Waals surface area contributed by atoms with E-state index in [0.29, 0.717) is 19.3 Å². The van der Waals surface area contributed by atoms with Crippen LogP contribution in [0.25, 0.3) is 0 Å². The first kappa shape index (κ1) is 64.4. The summed E-state index contributed by atoms with van der Waals surface area (Å²) in [6, 6.07) is 0. The number of hydrogen-bond donors (Lipinski definition) is 0. The largest absolute Gasteiger partial charge is 0.462 e. The molecule has 2 unspecified atom stereocenters. The maximum absolute atomic E-state index is 12.9. The third kappa shape index (κ3) is 50.3. The molecule has 0 aromatic carbocycles. The van der Waals surface area contributed by atoms with Crippen molar-refractivity contribution < 1.29 is 28.6 Å². The second-order valence-corrected chi connectivity index (χ2v) is 21.6. The van der Waals surface area contributed by atoms with E-state index in [0.717, 1.165) is 75.5 Å². The van der Waals surface area contributed by atoms with E-state index in [1.54, 1.807) is 0 Å². The van der Waals surface area contributed by atoms with Crippen LogP contribution in [0.5, 0.6) is 0 Å². The minimum atomic E-state index is -0.764. The van der Waals surface area contributed by atoms with Crippen LogP contribution in [0.4, 0.5) is 0 Å². The summed E-state index contributed by atoms with van der Waals surface area (Å²) in [6.45, 7) is 13.8. The lowest BCUT2D eigenvalue weighted by Gasteiger charge is -2.18. The summed E-state index contributed by atoms with van der Waals surface area (Å²) in [5.41, 5.74) is 0. The molecule has 6 nitrogen and oxygen atoms in total. The number of hydrogen-bond acceptors (Lipinski definition) is 6. The number of ether oxygens (including phenoxy) is 3. The van der Waals surface area contributed by atoms with Crippen molar-refractivity contribution in [1.29, 1.82) is 0 Å². The van der Waals surface area contributed by atoms with Gasteiger partial charge in [-0.25, -0.2) is 0 Å². The van der Waals surface area contributed by atoms with Gasteiger partial charge in [0.1, 0.15) is 13.2 Å². The zero-order chi connectivity index (χ0) is 48.4. The molecule has 0 rings (SSSR count). The van der Waals surface area contributed by atoms with Crippen molar-refractivity contribution in [2.45, 2.75) is 337 Å². The third-order valence-electron chi connectivity index (χ3n) is 14.4. The Labute approximate surface area is 412 Å². The van der Waals surface area contributed by atoms with Gasteiger partial charge in [0.15, 0.2) is 6.10 Å². The molecule has 0 amide bonds. The lowest BCUT2D eigenvalue weighted by molar-refractivity contribution is -0.167. The fourth-order valence-corrected chi connectivity index (χ4v) is 9.11. The summed E-state index contributed by atoms with van der Waals surface area (Å²) in [5, 5.41) is 0. The number of rotatable bonds is 53. The Morgan fingerprint density at radius 1 is 0.303 bits per heavy atom. The first-order valence-electron chi connectivity index (χ1n) is 29.7. The number of carbonyl (C=O) groups is 3. The Bertz CT molecular complexity index is 1030. The van der Waals surface area contributed by atoms with Crippen LogP contribution in [0, 0.1) is 17.8 Å². The van der Waals surface area contributed by atoms with Gasteiger partial charge in [-0.15, -0.1) is 0 Å². The van der Waals surface area contributed by atoms with Gasteiger partial charge in [-0.3, -0.25) is 14.4 Å². The average molecular weight is 934 g/mol. The first-order chi connectivity index (χ1) is 32.2. The molecule has 0 aromatic heterocycles. The summed E-state index contributed by atoms with van der Waals surface area (Å²) in [7, 11) is 0. The molecule has 0 spiro atoms. The smallest absolute Gasteiger partial charge is 0.306 e. The van der Waals surface area contributed by atoms with Crippen LogP contribution in [0.3, 0.4) is 0 Å². The molecule has 3 atom stereocenters. The van der Waals surface area contributed by atoms with Crippen molar-refractivity contribution in [3.8, 4) is 0 Å². The summed E-state index contributed by atoms with van der Waals surface area (Å²) >= 11 is 0. The van der Waals surface area contributed by atoms with Crippen molar-refractivity contribution >= 4 is 17.9 Å². The van der Waals surface area contributed by atoms with Gasteiger partial charge in [0.2, 0.25) is 0 Å². The van der Waals surface area contributed by atoms with Crippen molar-refractivity contribution in [1.82, 2.24) is 0 Å². The number of esters is 3. The van der Waals surface area contributed by atoms with Gasteiger partial charge >= 0.3 is 17.9 Å². The average Bonchev–Trinajstić information content (AvgIpc) is 3.30. The highest BCUT2D eigenvalue weighted by atomic mass is 16.6. The van der Waals surface area contributed by atoms with Crippen LogP contribution in [-0.4, -0.2) is 37.2 Å². The van der Waals surface area contributed by atoms with E-state index in [2.05, 4.69) is 41.5 Å². The topological polar surface area (TPSA) is 78.9 Å². The summed E-state index contributed by atoms with van der Waals surface area (Å²) in [4.78, 5) is 38.2. The standard InChI is InChI=1S/C60H116O6/c1-7-55(5)47-41-35-29-23-17-13-9-10-14-19-27-33-39-45-51-60(63)66-57(53-65-59(62)50-44-38-32-26-21-20-24-30-36-42-48-56(6)8-2)52-64-58(61)49-43-37-31-25-18-15-11-12-16-22-28-34-40-46-54(3)4/h54-57H,7-53H2,1-6H3/t55?,56?,57-/m1/s1.